The van der Waals surface area contributed by atoms with Crippen LogP contribution in [0.15, 0.2) is 29.4 Å². The quantitative estimate of drug-likeness (QED) is 0.593. The lowest BCUT2D eigenvalue weighted by Crippen LogP contribution is -2.49. The molecular weight excluding hydrogens is 442 g/mol. The normalized spacial score (nSPS) is 20.2. The topological polar surface area (TPSA) is 66.4 Å². The Morgan fingerprint density at radius 3 is 2.61 bits per heavy atom. The van der Waals surface area contributed by atoms with E-state index in [1.807, 2.05) is 0 Å². The van der Waals surface area contributed by atoms with Crippen LogP contribution in [0.4, 0.5) is 14.6 Å². The van der Waals surface area contributed by atoms with Gasteiger partial charge in [0.15, 0.2) is 11.6 Å². The van der Waals surface area contributed by atoms with Gasteiger partial charge in [-0.2, -0.15) is 4.31 Å². The Balaban J connectivity index is 1.40. The molecule has 0 radical (unpaired) electrons. The van der Waals surface area contributed by atoms with Crippen LogP contribution in [0.3, 0.4) is 0 Å². The number of anilines is 1. The van der Waals surface area contributed by atoms with Crippen molar-refractivity contribution in [3.05, 3.63) is 46.6 Å². The molecule has 31 heavy (non-hydrogen) atoms. The third kappa shape index (κ3) is 3.60. The second kappa shape index (κ2) is 7.75. The summed E-state index contributed by atoms with van der Waals surface area (Å²) < 4.78 is 53.9. The molecule has 1 fully saturated rings. The fourth-order valence-corrected chi connectivity index (χ4v) is 7.20. The summed E-state index contributed by atoms with van der Waals surface area (Å²) in [5.74, 6) is -0.700. The van der Waals surface area contributed by atoms with E-state index in [0.717, 1.165) is 53.5 Å². The predicted octanol–water partition coefficient (Wildman–Crippen LogP) is 3.61. The van der Waals surface area contributed by atoms with Gasteiger partial charge in [0.05, 0.1) is 10.3 Å². The Hall–Kier alpha value is -2.17. The van der Waals surface area contributed by atoms with Gasteiger partial charge in [0.1, 0.15) is 17.0 Å². The first-order chi connectivity index (χ1) is 14.8. The minimum Gasteiger partial charge on any atom is -0.353 e. The first-order valence-electron chi connectivity index (χ1n) is 10.3. The predicted molar refractivity (Wildman–Crippen MR) is 116 cm³/mol. The maximum absolute atomic E-state index is 13.6. The van der Waals surface area contributed by atoms with Gasteiger partial charge in [-0.15, -0.1) is 11.3 Å². The van der Waals surface area contributed by atoms with Crippen molar-refractivity contribution in [3.63, 3.8) is 0 Å². The maximum atomic E-state index is 13.6. The van der Waals surface area contributed by atoms with E-state index >= 15 is 0 Å². The van der Waals surface area contributed by atoms with Crippen molar-refractivity contribution in [1.82, 2.24) is 14.3 Å². The van der Waals surface area contributed by atoms with Crippen molar-refractivity contribution in [1.29, 1.82) is 0 Å². The molecule has 3 aromatic rings. The largest absolute Gasteiger partial charge is 0.353 e. The van der Waals surface area contributed by atoms with Crippen molar-refractivity contribution in [2.24, 2.45) is 5.92 Å². The summed E-state index contributed by atoms with van der Waals surface area (Å²) in [6.07, 6.45) is 4.80. The highest BCUT2D eigenvalue weighted by atomic mass is 32.2. The number of aromatic nitrogens is 2. The van der Waals surface area contributed by atoms with Crippen LogP contribution in [-0.4, -0.2) is 48.9 Å². The molecule has 2 aromatic heterocycles. The number of piperazine rings is 1. The smallest absolute Gasteiger partial charge is 0.243 e. The monoisotopic (exact) mass is 464 g/mol. The number of hydrogen-bond donors (Lipinski definition) is 0. The zero-order valence-electron chi connectivity index (χ0n) is 17.0. The third-order valence-electron chi connectivity index (χ3n) is 6.14. The molecule has 10 heteroatoms. The first kappa shape index (κ1) is 20.7. The number of rotatable bonds is 3. The average Bonchev–Trinajstić information content (AvgIpc) is 3.13. The highest BCUT2D eigenvalue weighted by Gasteiger charge is 2.31. The van der Waals surface area contributed by atoms with Crippen molar-refractivity contribution >= 4 is 37.4 Å². The van der Waals surface area contributed by atoms with Crippen LogP contribution < -0.4 is 4.90 Å². The number of sulfonamides is 1. The van der Waals surface area contributed by atoms with Gasteiger partial charge >= 0.3 is 0 Å². The van der Waals surface area contributed by atoms with E-state index in [0.29, 0.717) is 19.0 Å². The van der Waals surface area contributed by atoms with E-state index in [4.69, 9.17) is 0 Å². The van der Waals surface area contributed by atoms with Gasteiger partial charge in [0.2, 0.25) is 10.0 Å². The molecule has 1 aliphatic carbocycles. The maximum Gasteiger partial charge on any atom is 0.243 e. The van der Waals surface area contributed by atoms with E-state index in [2.05, 4.69) is 21.8 Å². The molecule has 5 rings (SSSR count). The number of halogens is 2. The third-order valence-corrected chi connectivity index (χ3v) is 9.20. The van der Waals surface area contributed by atoms with E-state index < -0.39 is 21.7 Å². The molecular formula is C21H22F2N4O2S2. The zero-order chi connectivity index (χ0) is 21.8. The van der Waals surface area contributed by atoms with Crippen LogP contribution in [-0.2, 0) is 22.9 Å². The van der Waals surface area contributed by atoms with Crippen molar-refractivity contribution in [3.8, 4) is 0 Å². The number of fused-ring (bicyclic) bond motifs is 3. The van der Waals surface area contributed by atoms with Gasteiger partial charge in [-0.3, -0.25) is 0 Å². The minimum atomic E-state index is -3.89. The summed E-state index contributed by atoms with van der Waals surface area (Å²) in [5.41, 5.74) is 1.34. The minimum absolute atomic E-state index is 0.231. The Kier molecular flexibility index (Phi) is 5.18. The molecule has 6 nitrogen and oxygen atoms in total. The lowest BCUT2D eigenvalue weighted by atomic mass is 9.89. The Bertz CT molecular complexity index is 1250. The molecule has 164 valence electrons. The zero-order valence-corrected chi connectivity index (χ0v) is 18.6. The molecule has 0 saturated carbocycles. The molecule has 1 saturated heterocycles. The highest BCUT2D eigenvalue weighted by Crippen LogP contribution is 2.40. The van der Waals surface area contributed by atoms with E-state index in [-0.39, 0.29) is 18.0 Å². The van der Waals surface area contributed by atoms with Crippen LogP contribution in [0, 0.1) is 17.6 Å². The summed E-state index contributed by atoms with van der Waals surface area (Å²) in [6.45, 7) is 3.70. The van der Waals surface area contributed by atoms with E-state index in [1.165, 1.54) is 14.7 Å². The number of aryl methyl sites for hydroxylation is 1. The van der Waals surface area contributed by atoms with E-state index in [9.17, 15) is 17.2 Å². The summed E-state index contributed by atoms with van der Waals surface area (Å²) in [5, 5.41) is 1.10. The van der Waals surface area contributed by atoms with Crippen LogP contribution in [0.2, 0.25) is 0 Å². The van der Waals surface area contributed by atoms with Crippen LogP contribution in [0.5, 0.6) is 0 Å². The standard InChI is InChI=1S/C21H22F2N4O2S2/c1-13-2-4-15-18(10-13)30-21-19(15)20(24-12-25-21)26-6-8-27(9-7-26)31(28,29)14-3-5-16(22)17(23)11-14/h3,5,11-13H,2,4,6-10H2,1H3/t13-/m0/s1. The fraction of sp³-hybridized carbons (Fsp3) is 0.429. The Morgan fingerprint density at radius 2 is 1.87 bits per heavy atom. The average molecular weight is 465 g/mol. The number of nitrogens with zero attached hydrogens (tertiary/aromatic N) is 4. The molecule has 2 aliphatic rings. The Labute approximate surface area is 183 Å². The van der Waals surface area contributed by atoms with E-state index in [1.54, 1.807) is 17.7 Å². The summed E-state index contributed by atoms with van der Waals surface area (Å²) in [6, 6.07) is 2.69. The van der Waals surface area contributed by atoms with Gasteiger partial charge in [-0.05, 0) is 48.9 Å². The summed E-state index contributed by atoms with van der Waals surface area (Å²) >= 11 is 1.74. The summed E-state index contributed by atoms with van der Waals surface area (Å²) in [7, 11) is -3.89. The SMILES string of the molecule is C[C@H]1CCc2c(sc3ncnc(N4CCN(S(=O)(=O)c5ccc(F)c(F)c5)CC4)c23)C1. The Morgan fingerprint density at radius 1 is 1.10 bits per heavy atom. The molecule has 3 heterocycles. The molecule has 1 aliphatic heterocycles. The molecule has 0 spiro atoms. The molecule has 0 N–H and O–H groups in total. The molecule has 1 atom stereocenters. The lowest BCUT2D eigenvalue weighted by Gasteiger charge is -2.35. The lowest BCUT2D eigenvalue weighted by molar-refractivity contribution is 0.383. The van der Waals surface area contributed by atoms with Crippen molar-refractivity contribution in [2.45, 2.75) is 31.1 Å². The highest BCUT2D eigenvalue weighted by molar-refractivity contribution is 7.89. The fourth-order valence-electron chi connectivity index (χ4n) is 4.42. The summed E-state index contributed by atoms with van der Waals surface area (Å²) in [4.78, 5) is 13.3. The van der Waals surface area contributed by atoms with Gasteiger partial charge in [0.25, 0.3) is 0 Å². The first-order valence-corrected chi connectivity index (χ1v) is 12.6. The van der Waals surface area contributed by atoms with Gasteiger partial charge in [0, 0.05) is 31.1 Å². The van der Waals surface area contributed by atoms with Crippen molar-refractivity contribution < 1.29 is 17.2 Å². The van der Waals surface area contributed by atoms with Crippen LogP contribution in [0.1, 0.15) is 23.8 Å². The second-order valence-corrected chi connectivity index (χ2v) is 11.2. The molecule has 1 aromatic carbocycles. The molecule has 0 unspecified atom stereocenters. The van der Waals surface area contributed by atoms with Crippen LogP contribution >= 0.6 is 11.3 Å². The van der Waals surface area contributed by atoms with Crippen molar-refractivity contribution in [2.75, 3.05) is 31.1 Å². The van der Waals surface area contributed by atoms with Gasteiger partial charge in [-0.25, -0.2) is 27.2 Å². The van der Waals surface area contributed by atoms with Gasteiger partial charge < -0.3 is 4.90 Å². The number of benzene rings is 1. The van der Waals surface area contributed by atoms with Gasteiger partial charge in [-0.1, -0.05) is 6.92 Å². The molecule has 0 amide bonds. The second-order valence-electron chi connectivity index (χ2n) is 8.20. The number of hydrogen-bond acceptors (Lipinski definition) is 6. The molecule has 0 bridgehead atoms. The number of thiophene rings is 1. The van der Waals surface area contributed by atoms with Crippen LogP contribution in [0.25, 0.3) is 10.2 Å².